The van der Waals surface area contributed by atoms with Gasteiger partial charge in [0.2, 0.25) is 0 Å². The topological polar surface area (TPSA) is 48.1 Å². The number of ether oxygens (including phenoxy) is 1. The molecule has 21 heavy (non-hydrogen) atoms. The fourth-order valence-electron chi connectivity index (χ4n) is 1.95. The number of nitrogens with zero attached hydrogens (tertiary/aromatic N) is 1. The van der Waals surface area contributed by atoms with Crippen LogP contribution in [0.15, 0.2) is 51.7 Å². The Bertz CT molecular complexity index is 722. The van der Waals surface area contributed by atoms with Crippen molar-refractivity contribution in [1.82, 2.24) is 4.98 Å². The summed E-state index contributed by atoms with van der Waals surface area (Å²) >= 11 is 3.31. The van der Waals surface area contributed by atoms with Gasteiger partial charge in [-0.3, -0.25) is 0 Å². The smallest absolute Gasteiger partial charge is 0.155 e. The Morgan fingerprint density at radius 2 is 2.10 bits per heavy atom. The number of anilines is 1. The molecule has 0 aliphatic rings. The maximum Gasteiger partial charge on any atom is 0.155 e. The number of benzene rings is 2. The fraction of sp³-hybridized carbons (Fsp3) is 0.188. The van der Waals surface area contributed by atoms with Gasteiger partial charge in [0.1, 0.15) is 5.75 Å². The maximum atomic E-state index is 5.95. The van der Waals surface area contributed by atoms with Crippen molar-refractivity contribution in [1.29, 1.82) is 0 Å². The summed E-state index contributed by atoms with van der Waals surface area (Å²) in [6.45, 7) is 2.79. The van der Waals surface area contributed by atoms with E-state index in [0.29, 0.717) is 12.3 Å². The fourth-order valence-corrected chi connectivity index (χ4v) is 4.09. The molecule has 0 amide bonds. The Hall–Kier alpha value is -1.72. The lowest BCUT2D eigenvalue weighted by atomic mass is 10.3. The van der Waals surface area contributed by atoms with Gasteiger partial charge in [-0.2, -0.15) is 0 Å². The Morgan fingerprint density at radius 1 is 1.24 bits per heavy atom. The minimum atomic E-state index is 0.703. The summed E-state index contributed by atoms with van der Waals surface area (Å²) in [5.41, 5.74) is 7.70. The van der Waals surface area contributed by atoms with E-state index in [1.165, 1.54) is 4.70 Å². The van der Waals surface area contributed by atoms with Crippen molar-refractivity contribution in [3.05, 3.63) is 42.5 Å². The molecule has 0 saturated carbocycles. The first-order valence-electron chi connectivity index (χ1n) is 6.81. The van der Waals surface area contributed by atoms with E-state index in [-0.39, 0.29) is 0 Å². The molecule has 0 spiro atoms. The number of rotatable bonds is 5. The molecule has 3 nitrogen and oxygen atoms in total. The SMILES string of the molecule is CCCOc1cc(N)cc(Sc2nc3ccccc3s2)c1. The third-order valence-electron chi connectivity index (χ3n) is 2.85. The monoisotopic (exact) mass is 316 g/mol. The molecule has 0 radical (unpaired) electrons. The average molecular weight is 316 g/mol. The van der Waals surface area contributed by atoms with Crippen LogP contribution in [0.1, 0.15) is 13.3 Å². The molecule has 0 fully saturated rings. The largest absolute Gasteiger partial charge is 0.493 e. The second-order valence-corrected chi connectivity index (χ2v) is 6.99. The summed E-state index contributed by atoms with van der Waals surface area (Å²) in [4.78, 5) is 5.69. The Kier molecular flexibility index (Phi) is 4.31. The lowest BCUT2D eigenvalue weighted by Gasteiger charge is -2.07. The summed E-state index contributed by atoms with van der Waals surface area (Å²) in [5.74, 6) is 0.820. The van der Waals surface area contributed by atoms with Gasteiger partial charge in [0.05, 0.1) is 16.8 Å². The molecule has 0 saturated heterocycles. The molecule has 1 aromatic heterocycles. The molecule has 2 aromatic carbocycles. The van der Waals surface area contributed by atoms with Crippen molar-refractivity contribution in [3.63, 3.8) is 0 Å². The van der Waals surface area contributed by atoms with Gasteiger partial charge < -0.3 is 10.5 Å². The second kappa shape index (κ2) is 6.37. The Labute approximate surface area is 132 Å². The highest BCUT2D eigenvalue weighted by Crippen LogP contribution is 2.36. The molecule has 2 N–H and O–H groups in total. The Morgan fingerprint density at radius 3 is 2.90 bits per heavy atom. The van der Waals surface area contributed by atoms with Crippen LogP contribution in [0, 0.1) is 0 Å². The van der Waals surface area contributed by atoms with E-state index in [4.69, 9.17) is 10.5 Å². The molecule has 0 bridgehead atoms. The van der Waals surface area contributed by atoms with Crippen molar-refractivity contribution < 1.29 is 4.74 Å². The minimum absolute atomic E-state index is 0.703. The van der Waals surface area contributed by atoms with Crippen molar-refractivity contribution in [2.75, 3.05) is 12.3 Å². The summed E-state index contributed by atoms with van der Waals surface area (Å²) in [6, 6.07) is 14.0. The summed E-state index contributed by atoms with van der Waals surface area (Å²) in [6.07, 6.45) is 0.981. The van der Waals surface area contributed by atoms with Gasteiger partial charge in [0.15, 0.2) is 4.34 Å². The van der Waals surface area contributed by atoms with Gasteiger partial charge >= 0.3 is 0 Å². The van der Waals surface area contributed by atoms with E-state index in [1.807, 2.05) is 36.4 Å². The van der Waals surface area contributed by atoms with E-state index in [1.54, 1.807) is 23.1 Å². The van der Waals surface area contributed by atoms with Crippen LogP contribution >= 0.6 is 23.1 Å². The average Bonchev–Trinajstić information content (AvgIpc) is 2.86. The lowest BCUT2D eigenvalue weighted by Crippen LogP contribution is -1.96. The van der Waals surface area contributed by atoms with Crippen molar-refractivity contribution in [3.8, 4) is 5.75 Å². The zero-order valence-corrected chi connectivity index (χ0v) is 13.3. The van der Waals surface area contributed by atoms with Crippen LogP contribution in [0.3, 0.4) is 0 Å². The number of nitrogen functional groups attached to an aromatic ring is 1. The molecule has 0 aliphatic carbocycles. The van der Waals surface area contributed by atoms with Crippen LogP contribution in [-0.2, 0) is 0 Å². The molecule has 3 rings (SSSR count). The van der Waals surface area contributed by atoms with Crippen LogP contribution in [0.2, 0.25) is 0 Å². The number of para-hydroxylation sites is 1. The predicted molar refractivity (Wildman–Crippen MR) is 90.4 cm³/mol. The normalized spacial score (nSPS) is 10.9. The first-order chi connectivity index (χ1) is 10.2. The molecule has 3 aromatic rings. The number of nitrogens with two attached hydrogens (primary N) is 1. The summed E-state index contributed by atoms with van der Waals surface area (Å²) in [7, 11) is 0. The molecular formula is C16H16N2OS2. The molecule has 1 heterocycles. The highest BCUT2D eigenvalue weighted by molar-refractivity contribution is 8.01. The van der Waals surface area contributed by atoms with Gasteiger partial charge in [-0.1, -0.05) is 30.8 Å². The molecular weight excluding hydrogens is 300 g/mol. The van der Waals surface area contributed by atoms with E-state index in [9.17, 15) is 0 Å². The maximum absolute atomic E-state index is 5.95. The van der Waals surface area contributed by atoms with Crippen molar-refractivity contribution in [2.24, 2.45) is 0 Å². The van der Waals surface area contributed by atoms with E-state index < -0.39 is 0 Å². The van der Waals surface area contributed by atoms with Crippen LogP contribution in [-0.4, -0.2) is 11.6 Å². The number of hydrogen-bond acceptors (Lipinski definition) is 5. The van der Waals surface area contributed by atoms with Crippen LogP contribution in [0.4, 0.5) is 5.69 Å². The second-order valence-electron chi connectivity index (χ2n) is 4.64. The zero-order chi connectivity index (χ0) is 14.7. The Balaban J connectivity index is 1.84. The van der Waals surface area contributed by atoms with Gasteiger partial charge in [-0.05, 0) is 30.7 Å². The van der Waals surface area contributed by atoms with Gasteiger partial charge in [-0.25, -0.2) is 4.98 Å². The zero-order valence-electron chi connectivity index (χ0n) is 11.7. The van der Waals surface area contributed by atoms with Crippen molar-refractivity contribution >= 4 is 39.0 Å². The van der Waals surface area contributed by atoms with Crippen LogP contribution < -0.4 is 10.5 Å². The first kappa shape index (κ1) is 14.2. The van der Waals surface area contributed by atoms with Gasteiger partial charge in [0, 0.05) is 16.6 Å². The molecule has 0 aliphatic heterocycles. The minimum Gasteiger partial charge on any atom is -0.493 e. The predicted octanol–water partition coefficient (Wildman–Crippen LogP) is 4.82. The quantitative estimate of drug-likeness (QED) is 0.686. The first-order valence-corrected chi connectivity index (χ1v) is 8.44. The number of aromatic nitrogens is 1. The summed E-state index contributed by atoms with van der Waals surface area (Å²) in [5, 5.41) is 0. The van der Waals surface area contributed by atoms with Crippen molar-refractivity contribution in [2.45, 2.75) is 22.6 Å². The van der Waals surface area contributed by atoms with Gasteiger partial charge in [0.25, 0.3) is 0 Å². The van der Waals surface area contributed by atoms with Crippen LogP contribution in [0.25, 0.3) is 10.2 Å². The van der Waals surface area contributed by atoms with E-state index in [2.05, 4.69) is 18.0 Å². The number of fused-ring (bicyclic) bond motifs is 1. The molecule has 0 atom stereocenters. The third kappa shape index (κ3) is 3.49. The third-order valence-corrected chi connectivity index (χ3v) is 4.92. The lowest BCUT2D eigenvalue weighted by molar-refractivity contribution is 0.317. The van der Waals surface area contributed by atoms with E-state index in [0.717, 1.165) is 26.9 Å². The van der Waals surface area contributed by atoms with Gasteiger partial charge in [-0.15, -0.1) is 11.3 Å². The number of hydrogen-bond donors (Lipinski definition) is 1. The molecule has 5 heteroatoms. The highest BCUT2D eigenvalue weighted by Gasteiger charge is 2.07. The summed E-state index contributed by atoms with van der Waals surface area (Å²) < 4.78 is 7.88. The highest BCUT2D eigenvalue weighted by atomic mass is 32.2. The molecule has 108 valence electrons. The standard InChI is InChI=1S/C16H16N2OS2/c1-2-7-19-12-8-11(17)9-13(10-12)20-16-18-14-5-3-4-6-15(14)21-16/h3-6,8-10H,2,7,17H2,1H3. The van der Waals surface area contributed by atoms with Crippen LogP contribution in [0.5, 0.6) is 5.75 Å². The van der Waals surface area contributed by atoms with E-state index >= 15 is 0 Å². The number of thiazole rings is 1. The molecule has 0 unspecified atom stereocenters.